The second kappa shape index (κ2) is 9.55. The van der Waals surface area contributed by atoms with Gasteiger partial charge < -0.3 is 10.1 Å². The number of fused-ring (bicyclic) bond motifs is 1. The average molecular weight is 560 g/mol. The first-order chi connectivity index (χ1) is 18.0. The fraction of sp³-hybridized carbons (Fsp3) is 0.269. The summed E-state index contributed by atoms with van der Waals surface area (Å²) in [6.45, 7) is 0. The molecule has 38 heavy (non-hydrogen) atoms. The van der Waals surface area contributed by atoms with Crippen molar-refractivity contribution in [3.8, 4) is 5.75 Å². The number of sulfonamides is 1. The van der Waals surface area contributed by atoms with Gasteiger partial charge >= 0.3 is 0 Å². The first kappa shape index (κ1) is 25.9. The first-order valence-corrected chi connectivity index (χ1v) is 13.8. The molecule has 0 radical (unpaired) electrons. The van der Waals surface area contributed by atoms with Crippen molar-refractivity contribution in [3.05, 3.63) is 97.8 Å². The van der Waals surface area contributed by atoms with Crippen LogP contribution in [0, 0.1) is 15.9 Å². The SMILES string of the molecule is CNC(=O)C1(c2ccc(F)cc2)Cc2cc(C3CC3)c(NS(=O)(=O)Cc3ccc([N+](=O)[O-])c(Cl)c3)cc2O1. The van der Waals surface area contributed by atoms with Crippen molar-refractivity contribution in [1.82, 2.24) is 5.32 Å². The molecule has 2 aliphatic rings. The molecule has 0 spiro atoms. The fourth-order valence-electron chi connectivity index (χ4n) is 4.74. The standard InChI is InChI=1S/C26H23ClFN3O6S/c1-29-25(32)26(18-5-7-19(28)8-6-18)13-17-11-20(16-3-4-16)22(12-24(17)37-26)30-38(35,36)14-15-2-9-23(31(33)34)21(27)10-15/h2,5-12,16,30H,3-4,13-14H2,1H3,(H,29,32). The van der Waals surface area contributed by atoms with Crippen molar-refractivity contribution in [2.75, 3.05) is 11.8 Å². The highest BCUT2D eigenvalue weighted by Crippen LogP contribution is 2.50. The molecule has 1 atom stereocenters. The molecule has 1 aliphatic heterocycles. The number of benzene rings is 3. The molecule has 1 saturated carbocycles. The van der Waals surface area contributed by atoms with Gasteiger partial charge in [0.15, 0.2) is 0 Å². The van der Waals surface area contributed by atoms with Crippen molar-refractivity contribution in [2.45, 2.75) is 36.5 Å². The molecular formula is C26H23ClFN3O6S. The molecule has 1 unspecified atom stereocenters. The van der Waals surface area contributed by atoms with E-state index in [4.69, 9.17) is 16.3 Å². The zero-order chi connectivity index (χ0) is 27.2. The summed E-state index contributed by atoms with van der Waals surface area (Å²) < 4.78 is 48.6. The molecule has 0 bridgehead atoms. The molecule has 0 saturated heterocycles. The number of ether oxygens (including phenoxy) is 1. The van der Waals surface area contributed by atoms with Crippen LogP contribution in [0.2, 0.25) is 5.02 Å². The second-order valence-corrected chi connectivity index (χ2v) is 11.5. The van der Waals surface area contributed by atoms with Crippen molar-refractivity contribution < 1.29 is 27.3 Å². The van der Waals surface area contributed by atoms with Gasteiger partial charge in [0.1, 0.15) is 16.6 Å². The summed E-state index contributed by atoms with van der Waals surface area (Å²) in [7, 11) is -2.46. The number of nitrogens with one attached hydrogen (secondary N) is 2. The van der Waals surface area contributed by atoms with Crippen LogP contribution in [0.5, 0.6) is 5.75 Å². The number of nitro groups is 1. The molecule has 198 valence electrons. The van der Waals surface area contributed by atoms with Crippen molar-refractivity contribution in [3.63, 3.8) is 0 Å². The smallest absolute Gasteiger partial charge is 0.287 e. The van der Waals surface area contributed by atoms with Crippen LogP contribution in [0.4, 0.5) is 15.8 Å². The van der Waals surface area contributed by atoms with Crippen LogP contribution in [0.3, 0.4) is 0 Å². The molecule has 5 rings (SSSR count). The summed E-state index contributed by atoms with van der Waals surface area (Å²) in [4.78, 5) is 23.4. The molecule has 9 nitrogen and oxygen atoms in total. The molecular weight excluding hydrogens is 537 g/mol. The maximum atomic E-state index is 13.6. The van der Waals surface area contributed by atoms with Gasteiger partial charge in [0.05, 0.1) is 16.4 Å². The first-order valence-electron chi connectivity index (χ1n) is 11.8. The number of likely N-dealkylation sites (N-methyl/N-ethyl adjacent to an activating group) is 1. The van der Waals surface area contributed by atoms with Gasteiger partial charge in [-0.2, -0.15) is 0 Å². The Balaban J connectivity index is 1.47. The minimum Gasteiger partial charge on any atom is -0.472 e. The average Bonchev–Trinajstić information content (AvgIpc) is 3.63. The van der Waals surface area contributed by atoms with Crippen molar-refractivity contribution >= 4 is 38.9 Å². The van der Waals surface area contributed by atoms with Gasteiger partial charge in [-0.3, -0.25) is 19.6 Å². The van der Waals surface area contributed by atoms with E-state index in [0.29, 0.717) is 17.0 Å². The Bertz CT molecular complexity index is 1560. The predicted octanol–water partition coefficient (Wildman–Crippen LogP) is 4.78. The lowest BCUT2D eigenvalue weighted by atomic mass is 9.87. The molecule has 3 aromatic carbocycles. The molecule has 1 heterocycles. The number of hydrogen-bond donors (Lipinski definition) is 2. The molecule has 2 N–H and O–H groups in total. The lowest BCUT2D eigenvalue weighted by Gasteiger charge is -2.27. The van der Waals surface area contributed by atoms with Crippen LogP contribution < -0.4 is 14.8 Å². The molecule has 3 aromatic rings. The summed E-state index contributed by atoms with van der Waals surface area (Å²) >= 11 is 5.95. The summed E-state index contributed by atoms with van der Waals surface area (Å²) in [6, 6.07) is 12.7. The van der Waals surface area contributed by atoms with Crippen LogP contribution in [-0.2, 0) is 32.6 Å². The molecule has 1 fully saturated rings. The predicted molar refractivity (Wildman–Crippen MR) is 139 cm³/mol. The van der Waals surface area contributed by atoms with E-state index in [2.05, 4.69) is 10.0 Å². The van der Waals surface area contributed by atoms with E-state index >= 15 is 0 Å². The topological polar surface area (TPSA) is 128 Å². The second-order valence-electron chi connectivity index (χ2n) is 9.42. The largest absolute Gasteiger partial charge is 0.472 e. The summed E-state index contributed by atoms with van der Waals surface area (Å²) in [5.41, 5.74) is 0.889. The Morgan fingerprint density at radius 2 is 1.89 bits per heavy atom. The van der Waals surface area contributed by atoms with E-state index in [1.54, 1.807) is 6.07 Å². The third-order valence-electron chi connectivity index (χ3n) is 6.71. The minimum absolute atomic E-state index is 0.154. The number of rotatable bonds is 8. The monoisotopic (exact) mass is 559 g/mol. The Morgan fingerprint density at radius 1 is 1.18 bits per heavy atom. The third kappa shape index (κ3) is 4.91. The van der Waals surface area contributed by atoms with E-state index in [9.17, 15) is 27.7 Å². The lowest BCUT2D eigenvalue weighted by Crippen LogP contribution is -2.46. The number of halogens is 2. The highest BCUT2D eigenvalue weighted by molar-refractivity contribution is 7.91. The zero-order valence-electron chi connectivity index (χ0n) is 20.2. The Kier molecular flexibility index (Phi) is 6.52. The normalized spacial score (nSPS) is 18.4. The number of anilines is 1. The third-order valence-corrected chi connectivity index (χ3v) is 8.26. The van der Waals surface area contributed by atoms with E-state index in [1.807, 2.05) is 6.07 Å². The Labute approximate surface area is 223 Å². The van der Waals surface area contributed by atoms with Crippen molar-refractivity contribution in [1.29, 1.82) is 0 Å². The lowest BCUT2D eigenvalue weighted by molar-refractivity contribution is -0.384. The number of nitro benzene ring substituents is 1. The van der Waals surface area contributed by atoms with Gasteiger partial charge in [0, 0.05) is 31.2 Å². The van der Waals surface area contributed by atoms with Gasteiger partial charge in [0.2, 0.25) is 15.6 Å². The summed E-state index contributed by atoms with van der Waals surface area (Å²) in [6.07, 6.45) is 1.98. The molecule has 1 aliphatic carbocycles. The molecule has 1 amide bonds. The van der Waals surface area contributed by atoms with Gasteiger partial charge in [-0.1, -0.05) is 29.8 Å². The quantitative estimate of drug-likeness (QED) is 0.302. The highest BCUT2D eigenvalue weighted by Gasteiger charge is 2.48. The van der Waals surface area contributed by atoms with Crippen LogP contribution in [0.1, 0.15) is 41.0 Å². The van der Waals surface area contributed by atoms with Crippen LogP contribution in [-0.4, -0.2) is 26.3 Å². The van der Waals surface area contributed by atoms with E-state index < -0.39 is 38.0 Å². The van der Waals surface area contributed by atoms with Crippen molar-refractivity contribution in [2.24, 2.45) is 0 Å². The zero-order valence-corrected chi connectivity index (χ0v) is 21.7. The Morgan fingerprint density at radius 3 is 2.50 bits per heavy atom. The maximum Gasteiger partial charge on any atom is 0.287 e. The minimum atomic E-state index is -3.94. The molecule has 0 aromatic heterocycles. The number of amides is 1. The number of carbonyl (C=O) groups excluding carboxylic acids is 1. The summed E-state index contributed by atoms with van der Waals surface area (Å²) in [5, 5.41) is 13.5. The van der Waals surface area contributed by atoms with Gasteiger partial charge in [-0.25, -0.2) is 12.8 Å². The van der Waals surface area contributed by atoms with Crippen LogP contribution >= 0.6 is 11.6 Å². The summed E-state index contributed by atoms with van der Waals surface area (Å²) in [5.74, 6) is -0.806. The fourth-order valence-corrected chi connectivity index (χ4v) is 6.21. The number of carbonyl (C=O) groups is 1. The highest BCUT2D eigenvalue weighted by atomic mass is 35.5. The van der Waals surface area contributed by atoms with E-state index in [1.165, 1.54) is 49.5 Å². The van der Waals surface area contributed by atoms with E-state index in [0.717, 1.165) is 24.0 Å². The van der Waals surface area contributed by atoms with E-state index in [-0.39, 0.29) is 28.6 Å². The molecule has 12 heteroatoms. The maximum absolute atomic E-state index is 13.6. The van der Waals surface area contributed by atoms with Crippen LogP contribution in [0.15, 0.2) is 54.6 Å². The van der Waals surface area contributed by atoms with Gasteiger partial charge in [-0.05, 0) is 59.7 Å². The number of nitrogens with zero attached hydrogens (tertiary/aromatic N) is 1. The van der Waals surface area contributed by atoms with Gasteiger partial charge in [-0.15, -0.1) is 0 Å². The Hall–Kier alpha value is -3.70. The van der Waals surface area contributed by atoms with Crippen LogP contribution in [0.25, 0.3) is 0 Å². The van der Waals surface area contributed by atoms with Gasteiger partial charge in [0.25, 0.3) is 11.6 Å². The number of hydrogen-bond acceptors (Lipinski definition) is 6.